The molecule has 0 spiro atoms. The first-order chi connectivity index (χ1) is 7.83. The summed E-state index contributed by atoms with van der Waals surface area (Å²) in [6, 6.07) is 0. The van der Waals surface area contributed by atoms with Crippen molar-refractivity contribution in [2.45, 2.75) is 25.7 Å². The van der Waals surface area contributed by atoms with E-state index in [-0.39, 0.29) is 5.97 Å². The predicted octanol–water partition coefficient (Wildman–Crippen LogP) is 1.62. The van der Waals surface area contributed by atoms with Gasteiger partial charge in [0.15, 0.2) is 0 Å². The summed E-state index contributed by atoms with van der Waals surface area (Å²) in [4.78, 5) is 18.6. The van der Waals surface area contributed by atoms with E-state index in [2.05, 4.69) is 20.0 Å². The Morgan fingerprint density at radius 3 is 2.75 bits per heavy atom. The van der Waals surface area contributed by atoms with Gasteiger partial charge >= 0.3 is 5.97 Å². The Labute approximate surface area is 95.3 Å². The van der Waals surface area contributed by atoms with E-state index < -0.39 is 0 Å². The lowest BCUT2D eigenvalue weighted by atomic mass is 10.2. The van der Waals surface area contributed by atoms with Crippen molar-refractivity contribution in [3.05, 3.63) is 18.7 Å². The van der Waals surface area contributed by atoms with Gasteiger partial charge in [-0.2, -0.15) is 0 Å². The van der Waals surface area contributed by atoms with Gasteiger partial charge in [-0.05, 0) is 12.8 Å². The Bertz CT molecular complexity index is 303. The van der Waals surface area contributed by atoms with Crippen molar-refractivity contribution < 1.29 is 9.53 Å². The summed E-state index contributed by atoms with van der Waals surface area (Å²) in [6.45, 7) is 0.870. The fraction of sp³-hybridized carbons (Fsp3) is 0.545. The number of unbranched alkanes of at least 4 members (excludes halogenated alkanes) is 2. The minimum atomic E-state index is -0.135. The molecule has 0 aromatic carbocycles. The standard InChI is InChI=1S/C11H17N3O2/c1-16-11(15)5-3-2-4-6-14-10-7-12-9-13-8-10/h7-9,14H,2-6H2,1H3. The molecule has 0 saturated heterocycles. The summed E-state index contributed by atoms with van der Waals surface area (Å²) >= 11 is 0. The highest BCUT2D eigenvalue weighted by Gasteiger charge is 1.98. The largest absolute Gasteiger partial charge is 0.469 e. The smallest absolute Gasteiger partial charge is 0.305 e. The Hall–Kier alpha value is -1.65. The zero-order chi connectivity index (χ0) is 11.6. The molecule has 1 aromatic rings. The monoisotopic (exact) mass is 223 g/mol. The zero-order valence-corrected chi connectivity index (χ0v) is 9.48. The number of hydrogen-bond donors (Lipinski definition) is 1. The molecule has 5 heteroatoms. The highest BCUT2D eigenvalue weighted by molar-refractivity contribution is 5.68. The van der Waals surface area contributed by atoms with Crippen LogP contribution in [0.1, 0.15) is 25.7 Å². The molecule has 5 nitrogen and oxygen atoms in total. The van der Waals surface area contributed by atoms with Crippen LogP contribution in [0.3, 0.4) is 0 Å². The molecule has 0 saturated carbocycles. The average molecular weight is 223 g/mol. The van der Waals surface area contributed by atoms with Gasteiger partial charge in [0.1, 0.15) is 6.33 Å². The maximum absolute atomic E-state index is 10.8. The second-order valence-corrected chi connectivity index (χ2v) is 3.44. The normalized spacial score (nSPS) is 9.81. The lowest BCUT2D eigenvalue weighted by molar-refractivity contribution is -0.140. The molecule has 0 amide bonds. The van der Waals surface area contributed by atoms with Gasteiger partial charge in [0.05, 0.1) is 25.2 Å². The predicted molar refractivity (Wildman–Crippen MR) is 61.0 cm³/mol. The Kier molecular flexibility index (Phi) is 5.91. The maximum Gasteiger partial charge on any atom is 0.305 e. The summed E-state index contributed by atoms with van der Waals surface area (Å²) in [5.74, 6) is -0.135. The Morgan fingerprint density at radius 1 is 1.31 bits per heavy atom. The minimum Gasteiger partial charge on any atom is -0.469 e. The number of carbonyl (C=O) groups is 1. The van der Waals surface area contributed by atoms with Crippen LogP contribution in [0.2, 0.25) is 0 Å². The van der Waals surface area contributed by atoms with Crippen LogP contribution in [-0.2, 0) is 9.53 Å². The summed E-state index contributed by atoms with van der Waals surface area (Å²) in [7, 11) is 1.42. The van der Waals surface area contributed by atoms with E-state index in [1.165, 1.54) is 13.4 Å². The van der Waals surface area contributed by atoms with Gasteiger partial charge in [-0.25, -0.2) is 9.97 Å². The molecular formula is C11H17N3O2. The topological polar surface area (TPSA) is 64.1 Å². The number of rotatable bonds is 7. The molecule has 88 valence electrons. The quantitative estimate of drug-likeness (QED) is 0.562. The van der Waals surface area contributed by atoms with Crippen molar-refractivity contribution in [2.24, 2.45) is 0 Å². The first-order valence-electron chi connectivity index (χ1n) is 5.38. The number of nitrogens with one attached hydrogen (secondary N) is 1. The zero-order valence-electron chi connectivity index (χ0n) is 9.48. The number of anilines is 1. The van der Waals surface area contributed by atoms with Gasteiger partial charge in [-0.1, -0.05) is 6.42 Å². The van der Waals surface area contributed by atoms with E-state index in [1.807, 2.05) is 0 Å². The summed E-state index contributed by atoms with van der Waals surface area (Å²) in [5, 5.41) is 3.21. The third-order valence-corrected chi connectivity index (χ3v) is 2.18. The van der Waals surface area contributed by atoms with Gasteiger partial charge < -0.3 is 10.1 Å². The highest BCUT2D eigenvalue weighted by Crippen LogP contribution is 2.04. The molecule has 0 aliphatic carbocycles. The van der Waals surface area contributed by atoms with Crippen LogP contribution in [-0.4, -0.2) is 29.6 Å². The van der Waals surface area contributed by atoms with E-state index >= 15 is 0 Å². The van der Waals surface area contributed by atoms with Crippen molar-refractivity contribution in [1.29, 1.82) is 0 Å². The maximum atomic E-state index is 10.8. The minimum absolute atomic E-state index is 0.135. The molecule has 1 N–H and O–H groups in total. The van der Waals surface area contributed by atoms with Crippen molar-refractivity contribution in [3.8, 4) is 0 Å². The molecular weight excluding hydrogens is 206 g/mol. The third-order valence-electron chi connectivity index (χ3n) is 2.18. The van der Waals surface area contributed by atoms with Crippen molar-refractivity contribution in [3.63, 3.8) is 0 Å². The molecule has 0 aliphatic rings. The molecule has 0 unspecified atom stereocenters. The lowest BCUT2D eigenvalue weighted by Crippen LogP contribution is -2.03. The number of carbonyl (C=O) groups excluding carboxylic acids is 1. The van der Waals surface area contributed by atoms with Gasteiger partial charge in [0.2, 0.25) is 0 Å². The van der Waals surface area contributed by atoms with Gasteiger partial charge in [0, 0.05) is 13.0 Å². The summed E-state index contributed by atoms with van der Waals surface area (Å²) in [5.41, 5.74) is 0.926. The fourth-order valence-corrected chi connectivity index (χ4v) is 1.30. The van der Waals surface area contributed by atoms with Crippen LogP contribution in [0.5, 0.6) is 0 Å². The first-order valence-corrected chi connectivity index (χ1v) is 5.38. The number of aromatic nitrogens is 2. The van der Waals surface area contributed by atoms with E-state index in [0.29, 0.717) is 6.42 Å². The van der Waals surface area contributed by atoms with Gasteiger partial charge in [0.25, 0.3) is 0 Å². The number of nitrogens with zero attached hydrogens (tertiary/aromatic N) is 2. The molecule has 1 aromatic heterocycles. The van der Waals surface area contributed by atoms with Gasteiger partial charge in [-0.15, -0.1) is 0 Å². The Balaban J connectivity index is 1.98. The second kappa shape index (κ2) is 7.62. The van der Waals surface area contributed by atoms with Crippen molar-refractivity contribution in [1.82, 2.24) is 9.97 Å². The first kappa shape index (κ1) is 12.4. The molecule has 16 heavy (non-hydrogen) atoms. The van der Waals surface area contributed by atoms with E-state index in [0.717, 1.165) is 31.5 Å². The van der Waals surface area contributed by atoms with Crippen LogP contribution in [0.4, 0.5) is 5.69 Å². The van der Waals surface area contributed by atoms with Crippen molar-refractivity contribution in [2.75, 3.05) is 19.0 Å². The van der Waals surface area contributed by atoms with Crippen LogP contribution < -0.4 is 5.32 Å². The van der Waals surface area contributed by atoms with Crippen LogP contribution in [0, 0.1) is 0 Å². The number of hydrogen-bond acceptors (Lipinski definition) is 5. The van der Waals surface area contributed by atoms with E-state index in [4.69, 9.17) is 0 Å². The SMILES string of the molecule is COC(=O)CCCCCNc1cncnc1. The molecule has 1 heterocycles. The molecule has 0 fully saturated rings. The average Bonchev–Trinajstić information content (AvgIpc) is 2.34. The molecule has 0 aliphatic heterocycles. The van der Waals surface area contributed by atoms with Gasteiger partial charge in [-0.3, -0.25) is 4.79 Å². The third kappa shape index (κ3) is 5.29. The van der Waals surface area contributed by atoms with Crippen molar-refractivity contribution >= 4 is 11.7 Å². The second-order valence-electron chi connectivity index (χ2n) is 3.44. The molecule has 0 bridgehead atoms. The van der Waals surface area contributed by atoms with E-state index in [9.17, 15) is 4.79 Å². The fourth-order valence-electron chi connectivity index (χ4n) is 1.30. The molecule has 0 radical (unpaired) electrons. The van der Waals surface area contributed by atoms with Crippen LogP contribution in [0.25, 0.3) is 0 Å². The highest BCUT2D eigenvalue weighted by atomic mass is 16.5. The molecule has 1 rings (SSSR count). The number of methoxy groups -OCH3 is 1. The lowest BCUT2D eigenvalue weighted by Gasteiger charge is -2.04. The molecule has 0 atom stereocenters. The summed E-state index contributed by atoms with van der Waals surface area (Å²) < 4.78 is 4.55. The number of ether oxygens (including phenoxy) is 1. The van der Waals surface area contributed by atoms with E-state index in [1.54, 1.807) is 12.4 Å². The summed E-state index contributed by atoms with van der Waals surface area (Å²) in [6.07, 6.45) is 8.39. The Morgan fingerprint density at radius 2 is 2.06 bits per heavy atom. The number of esters is 1. The van der Waals surface area contributed by atoms with Crippen LogP contribution in [0.15, 0.2) is 18.7 Å². The van der Waals surface area contributed by atoms with Crippen LogP contribution >= 0.6 is 0 Å².